The molecule has 2 aliphatic carbocycles. The van der Waals surface area contributed by atoms with E-state index in [0.717, 1.165) is 31.5 Å². The van der Waals surface area contributed by atoms with E-state index in [0.29, 0.717) is 35.9 Å². The van der Waals surface area contributed by atoms with Gasteiger partial charge >= 0.3 is 0 Å². The van der Waals surface area contributed by atoms with Crippen LogP contribution in [-0.2, 0) is 4.79 Å². The van der Waals surface area contributed by atoms with E-state index in [1.54, 1.807) is 10.2 Å². The summed E-state index contributed by atoms with van der Waals surface area (Å²) in [6, 6.07) is 3.77. The molecule has 2 atom stereocenters. The lowest BCUT2D eigenvalue weighted by Crippen LogP contribution is -2.44. The van der Waals surface area contributed by atoms with Crippen LogP contribution in [0.5, 0.6) is 0 Å². The zero-order valence-corrected chi connectivity index (χ0v) is 21.3. The molecule has 7 nitrogen and oxygen atoms in total. The minimum Gasteiger partial charge on any atom is -0.365 e. The van der Waals surface area contributed by atoms with Gasteiger partial charge in [0.25, 0.3) is 0 Å². The molecule has 12 heteroatoms. The van der Waals surface area contributed by atoms with Crippen LogP contribution >= 0.6 is 30.3 Å². The highest BCUT2D eigenvalue weighted by molar-refractivity contribution is 14.2. The van der Waals surface area contributed by atoms with Gasteiger partial charge < -0.3 is 10.6 Å². The quantitative estimate of drug-likeness (QED) is 0.357. The summed E-state index contributed by atoms with van der Waals surface area (Å²) in [4.78, 5) is 20.8. The van der Waals surface area contributed by atoms with Gasteiger partial charge in [0.2, 0.25) is 5.91 Å². The van der Waals surface area contributed by atoms with Crippen molar-refractivity contribution in [2.75, 3.05) is 5.32 Å². The fraction of sp³-hybridized carbons (Fsp3) is 0.391. The SMILES string of the molecule is N#CC1(C(=O)NC2CCCC(Nc3nc(-c4cn(SI)c5ncc(F)cc45)c(F)cc3F)C2)CC1. The number of aromatic nitrogens is 3. The summed E-state index contributed by atoms with van der Waals surface area (Å²) in [6.45, 7) is 0. The summed E-state index contributed by atoms with van der Waals surface area (Å²) in [5, 5.41) is 15.6. The Hall–Kier alpha value is -2.53. The monoisotopic (exact) mass is 612 g/mol. The van der Waals surface area contributed by atoms with Crippen molar-refractivity contribution < 1.29 is 18.0 Å². The summed E-state index contributed by atoms with van der Waals surface area (Å²) in [7, 11) is 1.28. The van der Waals surface area contributed by atoms with Gasteiger partial charge in [-0.15, -0.1) is 0 Å². The second-order valence-electron chi connectivity index (χ2n) is 8.98. The average molecular weight is 612 g/mol. The first-order valence-electron chi connectivity index (χ1n) is 11.1. The lowest BCUT2D eigenvalue weighted by Gasteiger charge is -2.31. The highest BCUT2D eigenvalue weighted by Gasteiger charge is 2.51. The molecule has 2 saturated carbocycles. The Morgan fingerprint density at radius 1 is 1.23 bits per heavy atom. The van der Waals surface area contributed by atoms with E-state index < -0.39 is 22.9 Å². The Balaban J connectivity index is 1.39. The van der Waals surface area contributed by atoms with Crippen molar-refractivity contribution in [3.63, 3.8) is 0 Å². The third-order valence-corrected chi connectivity index (χ3v) is 8.29. The number of amides is 1. The lowest BCUT2D eigenvalue weighted by atomic mass is 9.90. The Labute approximate surface area is 215 Å². The van der Waals surface area contributed by atoms with E-state index in [2.05, 4.69) is 26.7 Å². The van der Waals surface area contributed by atoms with Crippen molar-refractivity contribution in [3.05, 3.63) is 42.0 Å². The zero-order chi connectivity index (χ0) is 24.7. The first kappa shape index (κ1) is 24.2. The number of rotatable bonds is 6. The number of fused-ring (bicyclic) bond motifs is 1. The molecule has 2 N–H and O–H groups in total. The summed E-state index contributed by atoms with van der Waals surface area (Å²) < 4.78 is 45.1. The maximum absolute atomic E-state index is 14.9. The molecule has 0 bridgehead atoms. The van der Waals surface area contributed by atoms with Crippen LogP contribution in [0.2, 0.25) is 0 Å². The predicted octanol–water partition coefficient (Wildman–Crippen LogP) is 5.50. The minimum atomic E-state index is -0.899. The molecule has 35 heavy (non-hydrogen) atoms. The van der Waals surface area contributed by atoms with Crippen LogP contribution in [-0.4, -0.2) is 31.9 Å². The summed E-state index contributed by atoms with van der Waals surface area (Å²) in [5.41, 5.74) is -0.265. The van der Waals surface area contributed by atoms with Crippen LogP contribution in [0.4, 0.5) is 19.0 Å². The number of carbonyl (C=O) groups is 1. The van der Waals surface area contributed by atoms with Gasteiger partial charge in [0.15, 0.2) is 23.1 Å². The Morgan fingerprint density at radius 2 is 2.00 bits per heavy atom. The van der Waals surface area contributed by atoms with E-state index in [1.807, 2.05) is 21.2 Å². The van der Waals surface area contributed by atoms with Crippen molar-refractivity contribution >= 4 is 53.1 Å². The van der Waals surface area contributed by atoms with Gasteiger partial charge in [-0.2, -0.15) is 5.26 Å². The number of hydrogen-bond acceptors (Lipinski definition) is 6. The molecule has 2 aliphatic rings. The van der Waals surface area contributed by atoms with Crippen LogP contribution in [0, 0.1) is 34.2 Å². The molecule has 0 spiro atoms. The highest BCUT2D eigenvalue weighted by atomic mass is 127. The van der Waals surface area contributed by atoms with Gasteiger partial charge in [0.1, 0.15) is 16.9 Å². The smallest absolute Gasteiger partial charge is 0.240 e. The fourth-order valence-electron chi connectivity index (χ4n) is 4.54. The molecule has 0 radical (unpaired) electrons. The average Bonchev–Trinajstić information content (AvgIpc) is 3.57. The molecule has 0 saturated heterocycles. The fourth-order valence-corrected chi connectivity index (χ4v) is 5.79. The van der Waals surface area contributed by atoms with Crippen LogP contribution in [0.1, 0.15) is 38.5 Å². The maximum atomic E-state index is 14.9. The van der Waals surface area contributed by atoms with Crippen molar-refractivity contribution in [2.24, 2.45) is 5.41 Å². The number of hydrogen-bond donors (Lipinski definition) is 2. The summed E-state index contributed by atoms with van der Waals surface area (Å²) >= 11 is 2.03. The van der Waals surface area contributed by atoms with E-state index in [-0.39, 0.29) is 29.5 Å². The van der Waals surface area contributed by atoms with E-state index in [1.165, 1.54) is 15.2 Å². The first-order chi connectivity index (χ1) is 16.8. The maximum Gasteiger partial charge on any atom is 0.240 e. The Morgan fingerprint density at radius 3 is 2.71 bits per heavy atom. The summed E-state index contributed by atoms with van der Waals surface area (Å²) in [5.74, 6) is -2.63. The van der Waals surface area contributed by atoms with Gasteiger partial charge in [0, 0.05) is 65.6 Å². The van der Waals surface area contributed by atoms with Crippen LogP contribution in [0.15, 0.2) is 24.5 Å². The topological polar surface area (TPSA) is 95.6 Å². The normalized spacial score (nSPS) is 20.9. The molecule has 0 aromatic carbocycles. The van der Waals surface area contributed by atoms with Crippen molar-refractivity contribution in [1.82, 2.24) is 19.3 Å². The number of nitriles is 1. The van der Waals surface area contributed by atoms with Gasteiger partial charge in [-0.3, -0.25) is 8.77 Å². The van der Waals surface area contributed by atoms with E-state index in [4.69, 9.17) is 0 Å². The third kappa shape index (κ3) is 4.67. The molecule has 2 unspecified atom stereocenters. The molecule has 182 valence electrons. The molecule has 5 rings (SSSR count). The number of halogens is 4. The number of nitrogens with zero attached hydrogens (tertiary/aromatic N) is 4. The van der Waals surface area contributed by atoms with Crippen LogP contribution in [0.3, 0.4) is 0 Å². The molecular formula is C23H20F3IN6OS. The summed E-state index contributed by atoms with van der Waals surface area (Å²) in [6.07, 6.45) is 6.63. The molecule has 2 fully saturated rings. The molecule has 0 aliphatic heterocycles. The molecular weight excluding hydrogens is 592 g/mol. The predicted molar refractivity (Wildman–Crippen MR) is 135 cm³/mol. The highest BCUT2D eigenvalue weighted by Crippen LogP contribution is 2.45. The standard InChI is InChI=1S/C23H20F3IN6OS/c24-12-6-15-16(10-33(35-27)21(15)29-9-12)19-17(25)8-18(26)20(32-19)30-13-2-1-3-14(7-13)31-22(34)23(11-28)4-5-23/h6,8-10,13-14H,1-5,7H2,(H,30,32)(H,31,34). The molecule has 3 aromatic heterocycles. The van der Waals surface area contributed by atoms with Crippen molar-refractivity contribution in [2.45, 2.75) is 50.6 Å². The largest absolute Gasteiger partial charge is 0.365 e. The van der Waals surface area contributed by atoms with E-state index >= 15 is 0 Å². The Kier molecular flexibility index (Phi) is 6.56. The Bertz CT molecular complexity index is 1360. The number of anilines is 1. The lowest BCUT2D eigenvalue weighted by molar-refractivity contribution is -0.125. The van der Waals surface area contributed by atoms with Gasteiger partial charge in [-0.1, -0.05) is 0 Å². The van der Waals surface area contributed by atoms with Crippen LogP contribution in [0.25, 0.3) is 22.3 Å². The molecule has 3 aromatic rings. The minimum absolute atomic E-state index is 0.110. The van der Waals surface area contributed by atoms with Crippen molar-refractivity contribution in [1.29, 1.82) is 5.26 Å². The third-order valence-electron chi connectivity index (χ3n) is 6.59. The molecule has 1 amide bonds. The number of carbonyl (C=O) groups excluding carboxylic acids is 1. The van der Waals surface area contributed by atoms with Crippen molar-refractivity contribution in [3.8, 4) is 17.3 Å². The second kappa shape index (κ2) is 9.50. The number of pyridine rings is 2. The number of nitrogens with one attached hydrogen (secondary N) is 2. The van der Waals surface area contributed by atoms with Gasteiger partial charge in [0.05, 0.1) is 12.3 Å². The second-order valence-corrected chi connectivity index (χ2v) is 10.7. The molecule has 3 heterocycles. The van der Waals surface area contributed by atoms with Gasteiger partial charge in [-0.25, -0.2) is 23.1 Å². The zero-order valence-electron chi connectivity index (χ0n) is 18.3. The first-order valence-corrected chi connectivity index (χ1v) is 14.5. The van der Waals surface area contributed by atoms with Gasteiger partial charge in [-0.05, 0) is 44.6 Å². The van der Waals surface area contributed by atoms with Crippen LogP contribution < -0.4 is 10.6 Å². The van der Waals surface area contributed by atoms with E-state index in [9.17, 15) is 23.2 Å².